The molecule has 0 atom stereocenters. The molecule has 0 radical (unpaired) electrons. The maximum absolute atomic E-state index is 11.8. The van der Waals surface area contributed by atoms with E-state index in [1.54, 1.807) is 0 Å². The summed E-state index contributed by atoms with van der Waals surface area (Å²) in [6.07, 6.45) is -3.25. The Morgan fingerprint density at radius 1 is 1.50 bits per heavy atom. The molecule has 0 aromatic carbocycles. The molecule has 1 aromatic heterocycles. The first kappa shape index (κ1) is 10.5. The van der Waals surface area contributed by atoms with Crippen molar-refractivity contribution in [2.75, 3.05) is 0 Å². The minimum absolute atomic E-state index is 0.159. The Morgan fingerprint density at radius 3 is 2.57 bits per heavy atom. The highest BCUT2D eigenvalue weighted by atomic mass is 19.4. The van der Waals surface area contributed by atoms with Gasteiger partial charge < -0.3 is 4.74 Å². The molecule has 6 heteroatoms. The lowest BCUT2D eigenvalue weighted by atomic mass is 10.2. The van der Waals surface area contributed by atoms with Gasteiger partial charge in [-0.1, -0.05) is 0 Å². The second-order valence-corrected chi connectivity index (χ2v) is 2.56. The van der Waals surface area contributed by atoms with Crippen LogP contribution in [0.4, 0.5) is 13.2 Å². The fourth-order valence-electron chi connectivity index (χ4n) is 0.865. The second kappa shape index (κ2) is 3.65. The van der Waals surface area contributed by atoms with Crippen molar-refractivity contribution in [2.45, 2.75) is 13.3 Å². The molecular weight excluding hydrogens is 199 g/mol. The van der Waals surface area contributed by atoms with E-state index in [1.807, 2.05) is 0 Å². The summed E-state index contributed by atoms with van der Waals surface area (Å²) in [4.78, 5) is 13.6. The lowest BCUT2D eigenvalue weighted by Gasteiger charge is -2.09. The molecule has 1 rings (SSSR count). The molecule has 0 unspecified atom stereocenters. The molecule has 0 N–H and O–H groups in total. The van der Waals surface area contributed by atoms with Gasteiger partial charge in [-0.05, 0) is 13.0 Å². The Labute approximate surface area is 77.5 Å². The van der Waals surface area contributed by atoms with Gasteiger partial charge >= 0.3 is 6.36 Å². The van der Waals surface area contributed by atoms with E-state index in [1.165, 1.54) is 13.0 Å². The van der Waals surface area contributed by atoms with E-state index in [0.29, 0.717) is 6.29 Å². The van der Waals surface area contributed by atoms with Crippen LogP contribution in [0.5, 0.6) is 5.88 Å². The van der Waals surface area contributed by atoms with Gasteiger partial charge in [0, 0.05) is 17.3 Å². The van der Waals surface area contributed by atoms with Crippen molar-refractivity contribution in [1.29, 1.82) is 0 Å². The molecule has 0 spiro atoms. The van der Waals surface area contributed by atoms with Crippen molar-refractivity contribution in [2.24, 2.45) is 0 Å². The van der Waals surface area contributed by atoms with Crippen LogP contribution in [0.2, 0.25) is 0 Å². The topological polar surface area (TPSA) is 39.2 Å². The lowest BCUT2D eigenvalue weighted by molar-refractivity contribution is -0.276. The SMILES string of the molecule is Cc1cc(C=O)cnc1OC(F)(F)F. The van der Waals surface area contributed by atoms with Gasteiger partial charge in [0.05, 0.1) is 0 Å². The number of aromatic nitrogens is 1. The number of hydrogen-bond donors (Lipinski definition) is 0. The van der Waals surface area contributed by atoms with Crippen molar-refractivity contribution in [3.05, 3.63) is 23.4 Å². The molecule has 0 aliphatic carbocycles. The molecular formula is C8H6F3NO2. The third-order valence-electron chi connectivity index (χ3n) is 1.40. The third-order valence-corrected chi connectivity index (χ3v) is 1.40. The number of nitrogens with zero attached hydrogens (tertiary/aromatic N) is 1. The average molecular weight is 205 g/mol. The smallest absolute Gasteiger partial charge is 0.388 e. The number of alkyl halides is 3. The van der Waals surface area contributed by atoms with Crippen molar-refractivity contribution in [3.63, 3.8) is 0 Å². The zero-order valence-electron chi connectivity index (χ0n) is 7.13. The quantitative estimate of drug-likeness (QED) is 0.694. The molecule has 0 bridgehead atoms. The number of carbonyl (C=O) groups is 1. The van der Waals surface area contributed by atoms with Gasteiger partial charge in [0.15, 0.2) is 6.29 Å². The fraction of sp³-hybridized carbons (Fsp3) is 0.250. The van der Waals surface area contributed by atoms with Gasteiger partial charge in [0.2, 0.25) is 5.88 Å². The number of carbonyl (C=O) groups excluding carboxylic acids is 1. The number of pyridine rings is 1. The predicted molar refractivity (Wildman–Crippen MR) is 41.0 cm³/mol. The van der Waals surface area contributed by atoms with Crippen LogP contribution in [0.15, 0.2) is 12.3 Å². The van der Waals surface area contributed by atoms with E-state index < -0.39 is 12.2 Å². The van der Waals surface area contributed by atoms with E-state index in [2.05, 4.69) is 9.72 Å². The minimum Gasteiger partial charge on any atom is -0.388 e. The molecule has 0 saturated heterocycles. The molecule has 1 heterocycles. The zero-order chi connectivity index (χ0) is 10.8. The van der Waals surface area contributed by atoms with Gasteiger partial charge in [-0.15, -0.1) is 13.2 Å². The largest absolute Gasteiger partial charge is 0.574 e. The van der Waals surface area contributed by atoms with Crippen LogP contribution >= 0.6 is 0 Å². The molecule has 3 nitrogen and oxygen atoms in total. The van der Waals surface area contributed by atoms with Crippen LogP contribution in [0.1, 0.15) is 15.9 Å². The van der Waals surface area contributed by atoms with Crippen LogP contribution in [-0.2, 0) is 0 Å². The van der Waals surface area contributed by atoms with Crippen molar-refractivity contribution in [3.8, 4) is 5.88 Å². The Kier molecular flexibility index (Phi) is 2.73. The van der Waals surface area contributed by atoms with E-state index in [9.17, 15) is 18.0 Å². The number of halogens is 3. The van der Waals surface area contributed by atoms with E-state index >= 15 is 0 Å². The molecule has 76 valence electrons. The number of hydrogen-bond acceptors (Lipinski definition) is 3. The monoisotopic (exact) mass is 205 g/mol. The maximum atomic E-state index is 11.8. The minimum atomic E-state index is -4.76. The first-order valence-electron chi connectivity index (χ1n) is 3.60. The molecule has 14 heavy (non-hydrogen) atoms. The number of aldehydes is 1. The Bertz CT molecular complexity index is 349. The number of aryl methyl sites for hydroxylation is 1. The average Bonchev–Trinajstić information content (AvgIpc) is 2.06. The molecule has 1 aromatic rings. The van der Waals surface area contributed by atoms with E-state index in [0.717, 1.165) is 6.20 Å². The first-order chi connectivity index (χ1) is 6.42. The molecule has 0 fully saturated rings. The summed E-state index contributed by atoms with van der Waals surface area (Å²) in [5.41, 5.74) is 0.365. The standard InChI is InChI=1S/C8H6F3NO2/c1-5-2-6(4-13)3-12-7(5)14-8(9,10)11/h2-4H,1H3. The molecule has 0 aliphatic rings. The fourth-order valence-corrected chi connectivity index (χ4v) is 0.865. The molecule has 0 saturated carbocycles. The van der Waals surface area contributed by atoms with Gasteiger partial charge in [-0.3, -0.25) is 4.79 Å². The maximum Gasteiger partial charge on any atom is 0.574 e. The van der Waals surface area contributed by atoms with Crippen molar-refractivity contribution in [1.82, 2.24) is 4.98 Å². The summed E-state index contributed by atoms with van der Waals surface area (Å²) in [6.45, 7) is 1.38. The Hall–Kier alpha value is -1.59. The van der Waals surface area contributed by atoms with Crippen LogP contribution in [0.3, 0.4) is 0 Å². The number of ether oxygens (including phenoxy) is 1. The normalized spacial score (nSPS) is 11.1. The summed E-state index contributed by atoms with van der Waals surface area (Å²) < 4.78 is 38.9. The zero-order valence-corrected chi connectivity index (χ0v) is 7.13. The first-order valence-corrected chi connectivity index (χ1v) is 3.60. The van der Waals surface area contributed by atoms with Crippen LogP contribution < -0.4 is 4.74 Å². The Morgan fingerprint density at radius 2 is 2.14 bits per heavy atom. The van der Waals surface area contributed by atoms with Gasteiger partial charge in [0.25, 0.3) is 0 Å². The van der Waals surface area contributed by atoms with Crippen molar-refractivity contribution >= 4 is 6.29 Å². The lowest BCUT2D eigenvalue weighted by Crippen LogP contribution is -2.18. The highest BCUT2D eigenvalue weighted by Crippen LogP contribution is 2.23. The predicted octanol–water partition coefficient (Wildman–Crippen LogP) is 2.10. The van der Waals surface area contributed by atoms with E-state index in [4.69, 9.17) is 0 Å². The van der Waals surface area contributed by atoms with Crippen LogP contribution in [-0.4, -0.2) is 17.6 Å². The highest BCUT2D eigenvalue weighted by molar-refractivity contribution is 5.74. The van der Waals surface area contributed by atoms with Gasteiger partial charge in [0.1, 0.15) is 0 Å². The number of rotatable bonds is 2. The van der Waals surface area contributed by atoms with Crippen molar-refractivity contribution < 1.29 is 22.7 Å². The van der Waals surface area contributed by atoms with Crippen LogP contribution in [0, 0.1) is 6.92 Å². The summed E-state index contributed by atoms with van der Waals surface area (Å²) in [5.74, 6) is -0.539. The van der Waals surface area contributed by atoms with Gasteiger partial charge in [-0.2, -0.15) is 0 Å². The second-order valence-electron chi connectivity index (χ2n) is 2.56. The van der Waals surface area contributed by atoms with E-state index in [-0.39, 0.29) is 11.1 Å². The highest BCUT2D eigenvalue weighted by Gasteiger charge is 2.32. The Balaban J connectivity index is 2.95. The molecule has 0 amide bonds. The van der Waals surface area contributed by atoms with Crippen LogP contribution in [0.25, 0.3) is 0 Å². The summed E-state index contributed by atoms with van der Waals surface area (Å²) in [7, 11) is 0. The van der Waals surface area contributed by atoms with Gasteiger partial charge in [-0.25, -0.2) is 4.98 Å². The summed E-state index contributed by atoms with van der Waals surface area (Å²) in [5, 5.41) is 0. The summed E-state index contributed by atoms with van der Waals surface area (Å²) in [6, 6.07) is 1.26. The summed E-state index contributed by atoms with van der Waals surface area (Å²) >= 11 is 0. The third kappa shape index (κ3) is 2.72. The molecule has 0 aliphatic heterocycles.